The van der Waals surface area contributed by atoms with Gasteiger partial charge in [-0.05, 0) is 55.0 Å². The molecule has 0 fully saturated rings. The molecule has 152 valence electrons. The molecule has 4 rings (SSSR count). The summed E-state index contributed by atoms with van der Waals surface area (Å²) in [6, 6.07) is 5.76. The Hall–Kier alpha value is -2.01. The first kappa shape index (κ1) is 20.3. The zero-order chi connectivity index (χ0) is 20.6. The number of fused-ring (bicyclic) bond motifs is 3. The van der Waals surface area contributed by atoms with Gasteiger partial charge in [-0.3, -0.25) is 4.79 Å². The number of aryl methyl sites for hydroxylation is 1. The molecule has 2 aromatic heterocycles. The van der Waals surface area contributed by atoms with Crippen molar-refractivity contribution >= 4 is 54.9 Å². The van der Waals surface area contributed by atoms with Crippen molar-refractivity contribution in [3.8, 4) is 0 Å². The zero-order valence-electron chi connectivity index (χ0n) is 15.7. The molecule has 10 heteroatoms. The Balaban J connectivity index is 1.46. The van der Waals surface area contributed by atoms with Gasteiger partial charge in [0.05, 0.1) is 10.6 Å². The van der Waals surface area contributed by atoms with E-state index in [1.165, 1.54) is 46.5 Å². The number of nitrogens with two attached hydrogens (primary N) is 1. The molecule has 0 saturated carbocycles. The fourth-order valence-corrected chi connectivity index (χ4v) is 6.17. The molecule has 1 aromatic carbocycles. The van der Waals surface area contributed by atoms with E-state index in [9.17, 15) is 13.2 Å². The molecule has 1 aliphatic carbocycles. The van der Waals surface area contributed by atoms with Gasteiger partial charge in [0.25, 0.3) is 0 Å². The molecule has 7 nitrogen and oxygen atoms in total. The van der Waals surface area contributed by atoms with Crippen molar-refractivity contribution in [2.24, 2.45) is 11.1 Å². The van der Waals surface area contributed by atoms with Gasteiger partial charge in [0, 0.05) is 16.0 Å². The van der Waals surface area contributed by atoms with Crippen molar-refractivity contribution < 1.29 is 13.2 Å². The van der Waals surface area contributed by atoms with Crippen molar-refractivity contribution in [2.45, 2.75) is 36.1 Å². The first-order valence-corrected chi connectivity index (χ1v) is 12.5. The Kier molecular flexibility index (Phi) is 5.60. The monoisotopic (exact) mass is 448 g/mol. The van der Waals surface area contributed by atoms with Crippen LogP contribution in [-0.4, -0.2) is 30.0 Å². The quantitative estimate of drug-likeness (QED) is 0.457. The molecule has 3 N–H and O–H groups in total. The van der Waals surface area contributed by atoms with E-state index in [0.717, 1.165) is 34.5 Å². The van der Waals surface area contributed by atoms with Crippen molar-refractivity contribution in [1.82, 2.24) is 9.97 Å². The molecule has 0 saturated heterocycles. The number of hydrogen-bond acceptors (Lipinski definition) is 7. The minimum atomic E-state index is -3.75. The summed E-state index contributed by atoms with van der Waals surface area (Å²) in [5.41, 5.74) is 1.85. The van der Waals surface area contributed by atoms with Gasteiger partial charge in [0.1, 0.15) is 16.2 Å². The van der Waals surface area contributed by atoms with E-state index in [4.69, 9.17) is 5.14 Å². The van der Waals surface area contributed by atoms with Crippen molar-refractivity contribution in [1.29, 1.82) is 0 Å². The zero-order valence-corrected chi connectivity index (χ0v) is 18.2. The van der Waals surface area contributed by atoms with Crippen LogP contribution < -0.4 is 10.5 Å². The number of thioether (sulfide) groups is 1. The van der Waals surface area contributed by atoms with Gasteiger partial charge in [0.2, 0.25) is 15.9 Å². The molecule has 1 aliphatic rings. The molecule has 1 amide bonds. The number of benzene rings is 1. The lowest BCUT2D eigenvalue weighted by Crippen LogP contribution is -2.15. The van der Waals surface area contributed by atoms with Gasteiger partial charge < -0.3 is 5.32 Å². The number of rotatable bonds is 5. The number of nitrogens with zero attached hydrogens (tertiary/aromatic N) is 2. The SMILES string of the molecule is C[C@H]1CCc2c(sc3ncnc(SCC(=O)Nc4ccc(S(N)(=O)=O)cc4)c23)C1. The van der Waals surface area contributed by atoms with Crippen LogP contribution in [0.5, 0.6) is 0 Å². The predicted octanol–water partition coefficient (Wildman–Crippen LogP) is 3.19. The number of sulfonamides is 1. The second kappa shape index (κ2) is 8.02. The first-order valence-electron chi connectivity index (χ1n) is 9.12. The van der Waals surface area contributed by atoms with Gasteiger partial charge >= 0.3 is 0 Å². The standard InChI is InChI=1S/C19H20N4O3S3/c1-11-2-7-14-15(8-11)28-19-17(14)18(21-10-22-19)27-9-16(24)23-12-3-5-13(6-4-12)29(20,25)26/h3-6,10-11H,2,7-9H2,1H3,(H,23,24)(H2,20,25,26)/t11-/m0/s1. The number of thiophene rings is 1. The molecule has 0 spiro atoms. The van der Waals surface area contributed by atoms with Gasteiger partial charge in [-0.2, -0.15) is 0 Å². The summed E-state index contributed by atoms with van der Waals surface area (Å²) >= 11 is 3.12. The smallest absolute Gasteiger partial charge is 0.238 e. The van der Waals surface area contributed by atoms with E-state index in [-0.39, 0.29) is 16.6 Å². The summed E-state index contributed by atoms with van der Waals surface area (Å²) in [5, 5.41) is 9.77. The predicted molar refractivity (Wildman–Crippen MR) is 116 cm³/mol. The van der Waals surface area contributed by atoms with Crippen LogP contribution in [-0.2, 0) is 27.7 Å². The minimum Gasteiger partial charge on any atom is -0.325 e. The molecule has 0 aliphatic heterocycles. The number of anilines is 1. The maximum Gasteiger partial charge on any atom is 0.238 e. The second-order valence-electron chi connectivity index (χ2n) is 7.12. The molecular weight excluding hydrogens is 428 g/mol. The summed E-state index contributed by atoms with van der Waals surface area (Å²) in [5.74, 6) is 0.693. The maximum atomic E-state index is 12.4. The van der Waals surface area contributed by atoms with Crippen LogP contribution in [0.15, 0.2) is 40.5 Å². The van der Waals surface area contributed by atoms with E-state index >= 15 is 0 Å². The largest absolute Gasteiger partial charge is 0.325 e. The second-order valence-corrected chi connectivity index (χ2v) is 10.7. The van der Waals surface area contributed by atoms with Crippen LogP contribution in [0, 0.1) is 5.92 Å². The number of carbonyl (C=O) groups is 1. The van der Waals surface area contributed by atoms with Crippen LogP contribution >= 0.6 is 23.1 Å². The summed E-state index contributed by atoms with van der Waals surface area (Å²) in [4.78, 5) is 23.6. The number of nitrogens with one attached hydrogen (secondary N) is 1. The molecule has 2 heterocycles. The molecule has 29 heavy (non-hydrogen) atoms. The van der Waals surface area contributed by atoms with Crippen LogP contribution in [0.2, 0.25) is 0 Å². The third-order valence-electron chi connectivity index (χ3n) is 4.86. The van der Waals surface area contributed by atoms with Crippen LogP contribution in [0.3, 0.4) is 0 Å². The van der Waals surface area contributed by atoms with Crippen molar-refractivity contribution in [3.63, 3.8) is 0 Å². The number of amides is 1. The number of hydrogen-bond donors (Lipinski definition) is 2. The molecule has 0 bridgehead atoms. The Bertz CT molecular complexity index is 1170. The topological polar surface area (TPSA) is 115 Å². The average molecular weight is 449 g/mol. The number of aromatic nitrogens is 2. The lowest BCUT2D eigenvalue weighted by atomic mass is 9.89. The molecule has 1 atom stereocenters. The highest BCUT2D eigenvalue weighted by atomic mass is 32.2. The highest BCUT2D eigenvalue weighted by Gasteiger charge is 2.23. The lowest BCUT2D eigenvalue weighted by Gasteiger charge is -2.18. The van der Waals surface area contributed by atoms with Crippen molar-refractivity contribution in [3.05, 3.63) is 41.0 Å². The maximum absolute atomic E-state index is 12.4. The minimum absolute atomic E-state index is 0.00445. The number of carbonyl (C=O) groups excluding carboxylic acids is 1. The Labute approximate surface area is 177 Å². The Morgan fingerprint density at radius 2 is 2.07 bits per heavy atom. The van der Waals surface area contributed by atoms with Crippen LogP contribution in [0.1, 0.15) is 23.8 Å². The van der Waals surface area contributed by atoms with Crippen LogP contribution in [0.4, 0.5) is 5.69 Å². The Morgan fingerprint density at radius 1 is 1.31 bits per heavy atom. The van der Waals surface area contributed by atoms with Gasteiger partial charge in [-0.25, -0.2) is 23.5 Å². The van der Waals surface area contributed by atoms with Gasteiger partial charge in [-0.15, -0.1) is 11.3 Å². The highest BCUT2D eigenvalue weighted by molar-refractivity contribution is 8.00. The molecule has 0 radical (unpaired) electrons. The van der Waals surface area contributed by atoms with E-state index in [1.54, 1.807) is 17.7 Å². The third kappa shape index (κ3) is 4.45. The molecule has 3 aromatic rings. The molecular formula is C19H20N4O3S3. The third-order valence-corrected chi connectivity index (χ3v) is 7.94. The fraction of sp³-hybridized carbons (Fsp3) is 0.316. The summed E-state index contributed by atoms with van der Waals surface area (Å²) in [6.07, 6.45) is 4.82. The first-order chi connectivity index (χ1) is 13.8. The van der Waals surface area contributed by atoms with Crippen molar-refractivity contribution in [2.75, 3.05) is 11.1 Å². The van der Waals surface area contributed by atoms with Crippen LogP contribution in [0.25, 0.3) is 10.2 Å². The molecule has 0 unspecified atom stereocenters. The summed E-state index contributed by atoms with van der Waals surface area (Å²) < 4.78 is 22.6. The fourth-order valence-electron chi connectivity index (χ4n) is 3.41. The van der Waals surface area contributed by atoms with E-state index < -0.39 is 10.0 Å². The average Bonchev–Trinajstić information content (AvgIpc) is 3.04. The highest BCUT2D eigenvalue weighted by Crippen LogP contribution is 2.40. The van der Waals surface area contributed by atoms with Gasteiger partial charge in [-0.1, -0.05) is 18.7 Å². The lowest BCUT2D eigenvalue weighted by molar-refractivity contribution is -0.113. The normalized spacial score (nSPS) is 16.6. The summed E-state index contributed by atoms with van der Waals surface area (Å²) in [7, 11) is -3.75. The van der Waals surface area contributed by atoms with E-state index in [1.807, 2.05) is 0 Å². The number of primary sulfonamides is 1. The van der Waals surface area contributed by atoms with Gasteiger partial charge in [0.15, 0.2) is 0 Å². The Morgan fingerprint density at radius 3 is 2.79 bits per heavy atom. The van der Waals surface area contributed by atoms with E-state index in [0.29, 0.717) is 11.6 Å². The van der Waals surface area contributed by atoms with E-state index in [2.05, 4.69) is 22.2 Å². The summed E-state index contributed by atoms with van der Waals surface area (Å²) in [6.45, 7) is 2.27.